The van der Waals surface area contributed by atoms with Crippen molar-refractivity contribution in [2.75, 3.05) is 24.6 Å². The second-order valence-electron chi connectivity index (χ2n) is 4.73. The van der Waals surface area contributed by atoms with Crippen LogP contribution in [0.2, 0.25) is 0 Å². The highest BCUT2D eigenvalue weighted by Gasteiger charge is 2.23. The van der Waals surface area contributed by atoms with E-state index in [0.717, 1.165) is 6.26 Å². The first-order valence-corrected chi connectivity index (χ1v) is 8.19. The van der Waals surface area contributed by atoms with E-state index in [1.807, 2.05) is 0 Å². The van der Waals surface area contributed by atoms with Crippen molar-refractivity contribution < 1.29 is 22.1 Å². The number of carbonyl (C=O) groups is 1. The second kappa shape index (κ2) is 5.95. The van der Waals surface area contributed by atoms with Crippen molar-refractivity contribution in [3.8, 4) is 11.4 Å². The van der Waals surface area contributed by atoms with E-state index in [2.05, 4.69) is 20.0 Å². The van der Waals surface area contributed by atoms with Crippen molar-refractivity contribution >= 4 is 21.7 Å². The average molecular weight is 342 g/mol. The third kappa shape index (κ3) is 3.16. The van der Waals surface area contributed by atoms with Crippen LogP contribution in [0.5, 0.6) is 0 Å². The summed E-state index contributed by atoms with van der Waals surface area (Å²) in [5, 5.41) is 7.63. The Morgan fingerprint density at radius 2 is 2.13 bits per heavy atom. The number of anilines is 1. The quantitative estimate of drug-likeness (QED) is 0.739. The van der Waals surface area contributed by atoms with Gasteiger partial charge < -0.3 is 4.74 Å². The topological polar surface area (TPSA) is 107 Å². The van der Waals surface area contributed by atoms with Crippen LogP contribution in [-0.2, 0) is 21.8 Å². The molecule has 2 heterocycles. The second-order valence-corrected chi connectivity index (χ2v) is 6.56. The van der Waals surface area contributed by atoms with Crippen LogP contribution in [-0.4, -0.2) is 54.7 Å². The van der Waals surface area contributed by atoms with Crippen LogP contribution in [0.15, 0.2) is 12.1 Å². The third-order valence-electron chi connectivity index (χ3n) is 3.06. The van der Waals surface area contributed by atoms with Crippen LogP contribution in [0.1, 0.15) is 20.3 Å². The summed E-state index contributed by atoms with van der Waals surface area (Å²) in [5.74, 6) is -0.670. The number of sulfonamides is 1. The lowest BCUT2D eigenvalue weighted by molar-refractivity contribution is 0.0589. The van der Waals surface area contributed by atoms with Gasteiger partial charge in [0.1, 0.15) is 5.69 Å². The highest BCUT2D eigenvalue weighted by Crippen LogP contribution is 2.25. The van der Waals surface area contributed by atoms with Crippen LogP contribution in [0.4, 0.5) is 5.69 Å². The summed E-state index contributed by atoms with van der Waals surface area (Å²) in [6, 6.07) is 2.66. The van der Waals surface area contributed by atoms with Gasteiger partial charge in [0.15, 0.2) is 5.69 Å². The molecule has 0 fully saturated rings. The Kier molecular flexibility index (Phi) is 3.36. The lowest BCUT2D eigenvalue weighted by Crippen LogP contribution is -2.25. The summed E-state index contributed by atoms with van der Waals surface area (Å²) in [6.45, 7) is -1.46. The predicted molar refractivity (Wildman–Crippen MR) is 83.6 cm³/mol. The minimum atomic E-state index is -4.07. The highest BCUT2D eigenvalue weighted by molar-refractivity contribution is 7.92. The van der Waals surface area contributed by atoms with E-state index in [1.165, 1.54) is 37.9 Å². The summed E-state index contributed by atoms with van der Waals surface area (Å²) in [7, 11) is -1.36. The molecule has 0 N–H and O–H groups in total. The molecule has 2 aromatic heterocycles. The van der Waals surface area contributed by atoms with Gasteiger partial charge in [0.05, 0.1) is 30.4 Å². The van der Waals surface area contributed by atoms with E-state index in [4.69, 9.17) is 4.11 Å². The fraction of sp³-hybridized carbons (Fsp3) is 0.385. The smallest absolute Gasteiger partial charge is 0.358 e. The maximum Gasteiger partial charge on any atom is 0.358 e. The van der Waals surface area contributed by atoms with Crippen LogP contribution in [0.25, 0.3) is 11.4 Å². The molecule has 10 heteroatoms. The van der Waals surface area contributed by atoms with Gasteiger partial charge in [-0.2, -0.15) is 0 Å². The van der Waals surface area contributed by atoms with E-state index in [1.54, 1.807) is 0 Å². The summed E-state index contributed by atoms with van der Waals surface area (Å²) in [5.41, 5.74) is 0.445. The molecule has 0 aromatic carbocycles. The fourth-order valence-corrected chi connectivity index (χ4v) is 2.48. The molecule has 0 radical (unpaired) electrons. The molecule has 0 bridgehead atoms. The Hall–Kier alpha value is -2.49. The van der Waals surface area contributed by atoms with E-state index >= 15 is 0 Å². The first-order valence-electron chi connectivity index (χ1n) is 7.84. The zero-order chi connectivity index (χ0) is 19.9. The molecule has 0 saturated heterocycles. The van der Waals surface area contributed by atoms with Crippen molar-refractivity contribution in [2.24, 2.45) is 7.05 Å². The molecule has 124 valence electrons. The number of esters is 1. The molecule has 0 amide bonds. The molecular formula is C13H17N5O4S. The lowest BCUT2D eigenvalue weighted by atomic mass is 10.2. The third-order valence-corrected chi connectivity index (χ3v) is 3.92. The molecule has 0 unspecified atom stereocenters. The standard InChI is InChI=1S/C13H17N5O4S/c1-8-10(18(3)23(5,20)21)7-6-9(14-8)11-12(13(19)22-4)17(2)16-15-11/h6-7H,1-5H3/i3D3. The fourth-order valence-electron chi connectivity index (χ4n) is 1.93. The van der Waals surface area contributed by atoms with E-state index in [-0.39, 0.29) is 28.5 Å². The van der Waals surface area contributed by atoms with Gasteiger partial charge in [-0.1, -0.05) is 5.21 Å². The Balaban J connectivity index is 2.61. The van der Waals surface area contributed by atoms with E-state index in [9.17, 15) is 13.2 Å². The zero-order valence-electron chi connectivity index (χ0n) is 15.9. The van der Waals surface area contributed by atoms with Gasteiger partial charge in [-0.05, 0) is 19.1 Å². The van der Waals surface area contributed by atoms with Crippen molar-refractivity contribution in [2.45, 2.75) is 6.92 Å². The monoisotopic (exact) mass is 342 g/mol. The van der Waals surface area contributed by atoms with Gasteiger partial charge in [-0.3, -0.25) is 4.31 Å². The number of pyridine rings is 1. The minimum absolute atomic E-state index is 0.0583. The lowest BCUT2D eigenvalue weighted by Gasteiger charge is -2.18. The van der Waals surface area contributed by atoms with Gasteiger partial charge >= 0.3 is 5.97 Å². The average Bonchev–Trinajstić information content (AvgIpc) is 2.87. The van der Waals surface area contributed by atoms with Gasteiger partial charge in [0.25, 0.3) is 0 Å². The summed E-state index contributed by atoms with van der Waals surface area (Å²) in [6.07, 6.45) is 0.796. The van der Waals surface area contributed by atoms with E-state index in [0.29, 0.717) is 4.31 Å². The van der Waals surface area contributed by atoms with Gasteiger partial charge in [-0.15, -0.1) is 5.10 Å². The molecule has 0 atom stereocenters. The normalized spacial score (nSPS) is 13.8. The Bertz CT molecular complexity index is 955. The van der Waals surface area contributed by atoms with Crippen LogP contribution in [0.3, 0.4) is 0 Å². The molecule has 2 rings (SSSR count). The molecular weight excluding hydrogens is 322 g/mol. The first kappa shape index (κ1) is 13.0. The molecule has 2 aromatic rings. The maximum atomic E-state index is 11.9. The van der Waals surface area contributed by atoms with Crippen LogP contribution < -0.4 is 4.31 Å². The molecule has 0 spiro atoms. The van der Waals surface area contributed by atoms with Crippen LogP contribution >= 0.6 is 0 Å². The number of ether oxygens (including phenoxy) is 1. The van der Waals surface area contributed by atoms with Gasteiger partial charge in [-0.25, -0.2) is 22.9 Å². The van der Waals surface area contributed by atoms with Crippen LogP contribution in [0, 0.1) is 6.92 Å². The summed E-state index contributed by atoms with van der Waals surface area (Å²) < 4.78 is 52.5. The molecule has 0 aliphatic rings. The zero-order valence-corrected chi connectivity index (χ0v) is 13.7. The number of nitrogens with zero attached hydrogens (tertiary/aromatic N) is 5. The summed E-state index contributed by atoms with van der Waals surface area (Å²) >= 11 is 0. The molecule has 23 heavy (non-hydrogen) atoms. The molecule has 0 aliphatic heterocycles. The Morgan fingerprint density at radius 3 is 2.65 bits per heavy atom. The molecule has 9 nitrogen and oxygen atoms in total. The Labute approximate surface area is 138 Å². The summed E-state index contributed by atoms with van der Waals surface area (Å²) in [4.78, 5) is 16.1. The van der Waals surface area contributed by atoms with Crippen molar-refractivity contribution in [1.82, 2.24) is 20.0 Å². The van der Waals surface area contributed by atoms with Crippen molar-refractivity contribution in [1.29, 1.82) is 0 Å². The minimum Gasteiger partial charge on any atom is -0.464 e. The number of aromatic nitrogens is 4. The van der Waals surface area contributed by atoms with E-state index < -0.39 is 23.0 Å². The highest BCUT2D eigenvalue weighted by atomic mass is 32.2. The van der Waals surface area contributed by atoms with Gasteiger partial charge in [0, 0.05) is 18.1 Å². The number of hydrogen-bond acceptors (Lipinski definition) is 7. The Morgan fingerprint density at radius 1 is 1.43 bits per heavy atom. The number of methoxy groups -OCH3 is 1. The number of hydrogen-bond donors (Lipinski definition) is 0. The SMILES string of the molecule is [2H]C([2H])([2H])N(c1ccc(-c2nnn(C)c2C(=O)OC)nc1C)S(C)(=O)=O. The predicted octanol–water partition coefficient (Wildman–Crippen LogP) is 0.368. The number of rotatable bonds is 4. The van der Waals surface area contributed by atoms with Crippen molar-refractivity contribution in [3.63, 3.8) is 0 Å². The first-order chi connectivity index (χ1) is 11.9. The largest absolute Gasteiger partial charge is 0.464 e. The van der Waals surface area contributed by atoms with Gasteiger partial charge in [0.2, 0.25) is 10.0 Å². The maximum absolute atomic E-state index is 11.9. The van der Waals surface area contributed by atoms with Crippen molar-refractivity contribution in [3.05, 3.63) is 23.5 Å². The number of carbonyl (C=O) groups excluding carboxylic acids is 1. The number of aryl methyl sites for hydroxylation is 2. The molecule has 0 saturated carbocycles. The molecule has 0 aliphatic carbocycles.